The Kier molecular flexibility index (Phi) is 3.22. The number of nitrogens with one attached hydrogen (secondary N) is 2. The molecule has 12 heavy (non-hydrogen) atoms. The van der Waals surface area contributed by atoms with Gasteiger partial charge in [-0.1, -0.05) is 0 Å². The van der Waals surface area contributed by atoms with Gasteiger partial charge >= 0.3 is 0 Å². The normalized spacial score (nSPS) is 22.2. The van der Waals surface area contributed by atoms with Crippen LogP contribution in [0.15, 0.2) is 0 Å². The highest BCUT2D eigenvalue weighted by Gasteiger charge is 2.16. The van der Waals surface area contributed by atoms with Gasteiger partial charge in [-0.2, -0.15) is 0 Å². The lowest BCUT2D eigenvalue weighted by atomic mass is 10.2. The molecule has 0 saturated carbocycles. The molecule has 1 fully saturated rings. The molecule has 1 aliphatic heterocycles. The zero-order valence-corrected chi connectivity index (χ0v) is 7.22. The zero-order chi connectivity index (χ0) is 8.97. The van der Waals surface area contributed by atoms with Gasteiger partial charge in [0.05, 0.1) is 6.42 Å². The summed E-state index contributed by atoms with van der Waals surface area (Å²) in [7, 11) is 0. The van der Waals surface area contributed by atoms with E-state index in [1.54, 1.807) is 0 Å². The van der Waals surface area contributed by atoms with Crippen LogP contribution in [0, 0.1) is 0 Å². The Labute approximate surface area is 71.7 Å². The first-order valence-electron chi connectivity index (χ1n) is 4.18. The van der Waals surface area contributed by atoms with Crippen molar-refractivity contribution in [3.8, 4) is 0 Å². The second-order valence-electron chi connectivity index (χ2n) is 3.14. The SMILES string of the molecule is CC(=O)CC(=O)NC1CCNC1. The predicted octanol–water partition coefficient (Wildman–Crippen LogP) is -0.556. The highest BCUT2D eigenvalue weighted by molar-refractivity contribution is 5.96. The van der Waals surface area contributed by atoms with Gasteiger partial charge in [0.15, 0.2) is 0 Å². The Morgan fingerprint density at radius 1 is 1.58 bits per heavy atom. The van der Waals surface area contributed by atoms with Crippen molar-refractivity contribution in [3.63, 3.8) is 0 Å². The van der Waals surface area contributed by atoms with Gasteiger partial charge in [-0.05, 0) is 19.9 Å². The lowest BCUT2D eigenvalue weighted by Gasteiger charge is -2.09. The second kappa shape index (κ2) is 4.21. The van der Waals surface area contributed by atoms with Crippen LogP contribution in [-0.4, -0.2) is 30.8 Å². The summed E-state index contributed by atoms with van der Waals surface area (Å²) in [4.78, 5) is 21.6. The van der Waals surface area contributed by atoms with Gasteiger partial charge in [-0.3, -0.25) is 9.59 Å². The van der Waals surface area contributed by atoms with E-state index in [0.717, 1.165) is 19.5 Å². The molecule has 68 valence electrons. The number of rotatable bonds is 3. The first-order valence-corrected chi connectivity index (χ1v) is 4.18. The van der Waals surface area contributed by atoms with Crippen LogP contribution in [0.1, 0.15) is 19.8 Å². The van der Waals surface area contributed by atoms with Crippen LogP contribution in [0.5, 0.6) is 0 Å². The molecule has 0 aliphatic carbocycles. The quantitative estimate of drug-likeness (QED) is 0.558. The third-order valence-corrected chi connectivity index (χ3v) is 1.83. The molecular weight excluding hydrogens is 156 g/mol. The fraction of sp³-hybridized carbons (Fsp3) is 0.750. The number of ketones is 1. The molecule has 2 N–H and O–H groups in total. The van der Waals surface area contributed by atoms with E-state index in [1.165, 1.54) is 6.92 Å². The Morgan fingerprint density at radius 3 is 2.83 bits per heavy atom. The minimum atomic E-state index is -0.156. The van der Waals surface area contributed by atoms with Crippen molar-refractivity contribution in [1.29, 1.82) is 0 Å². The average Bonchev–Trinajstić information content (AvgIpc) is 2.37. The number of amides is 1. The second-order valence-corrected chi connectivity index (χ2v) is 3.14. The van der Waals surface area contributed by atoms with E-state index < -0.39 is 0 Å². The molecule has 4 heteroatoms. The summed E-state index contributed by atoms with van der Waals surface area (Å²) in [5.41, 5.74) is 0. The molecule has 1 unspecified atom stereocenters. The standard InChI is InChI=1S/C8H14N2O2/c1-6(11)4-8(12)10-7-2-3-9-5-7/h7,9H,2-5H2,1H3,(H,10,12). The molecule has 1 amide bonds. The third-order valence-electron chi connectivity index (χ3n) is 1.83. The molecule has 1 saturated heterocycles. The molecular formula is C8H14N2O2. The first kappa shape index (κ1) is 9.19. The molecule has 1 aliphatic rings. The minimum Gasteiger partial charge on any atom is -0.352 e. The van der Waals surface area contributed by atoms with Gasteiger partial charge < -0.3 is 10.6 Å². The minimum absolute atomic E-state index is 0.0104. The van der Waals surface area contributed by atoms with E-state index in [9.17, 15) is 9.59 Å². The Bertz CT molecular complexity index is 185. The molecule has 0 bridgehead atoms. The maximum Gasteiger partial charge on any atom is 0.227 e. The summed E-state index contributed by atoms with van der Waals surface area (Å²) < 4.78 is 0. The van der Waals surface area contributed by atoms with Crippen LogP contribution >= 0.6 is 0 Å². The van der Waals surface area contributed by atoms with Crippen molar-refractivity contribution in [2.24, 2.45) is 0 Å². The molecule has 1 heterocycles. The van der Waals surface area contributed by atoms with Gasteiger partial charge in [0, 0.05) is 12.6 Å². The predicted molar refractivity (Wildman–Crippen MR) is 44.7 cm³/mol. The Balaban J connectivity index is 2.20. The topological polar surface area (TPSA) is 58.2 Å². The van der Waals surface area contributed by atoms with Crippen molar-refractivity contribution in [2.45, 2.75) is 25.8 Å². The molecule has 0 radical (unpaired) electrons. The van der Waals surface area contributed by atoms with Crippen LogP contribution in [0.2, 0.25) is 0 Å². The van der Waals surface area contributed by atoms with Crippen LogP contribution in [0.25, 0.3) is 0 Å². The third kappa shape index (κ3) is 3.00. The number of carbonyl (C=O) groups is 2. The summed E-state index contributed by atoms with van der Waals surface area (Å²) in [5.74, 6) is -0.241. The first-order chi connectivity index (χ1) is 5.68. The summed E-state index contributed by atoms with van der Waals surface area (Å²) in [6, 6.07) is 0.219. The highest BCUT2D eigenvalue weighted by atomic mass is 16.2. The lowest BCUT2D eigenvalue weighted by molar-refractivity contribution is -0.127. The molecule has 0 aromatic rings. The van der Waals surface area contributed by atoms with Crippen molar-refractivity contribution < 1.29 is 9.59 Å². The van der Waals surface area contributed by atoms with Crippen molar-refractivity contribution in [1.82, 2.24) is 10.6 Å². The summed E-state index contributed by atoms with van der Waals surface area (Å²) >= 11 is 0. The van der Waals surface area contributed by atoms with Crippen LogP contribution in [-0.2, 0) is 9.59 Å². The van der Waals surface area contributed by atoms with Gasteiger partial charge in [0.2, 0.25) is 5.91 Å². The van der Waals surface area contributed by atoms with Crippen LogP contribution in [0.3, 0.4) is 0 Å². The van der Waals surface area contributed by atoms with Crippen molar-refractivity contribution >= 4 is 11.7 Å². The fourth-order valence-electron chi connectivity index (χ4n) is 1.28. The molecule has 0 spiro atoms. The van der Waals surface area contributed by atoms with Gasteiger partial charge in [0.25, 0.3) is 0 Å². The van der Waals surface area contributed by atoms with E-state index in [-0.39, 0.29) is 24.2 Å². The molecule has 1 atom stereocenters. The van der Waals surface area contributed by atoms with Gasteiger partial charge in [-0.15, -0.1) is 0 Å². The van der Waals surface area contributed by atoms with Crippen molar-refractivity contribution in [3.05, 3.63) is 0 Å². The maximum absolute atomic E-state index is 11.0. The van der Waals surface area contributed by atoms with E-state index in [2.05, 4.69) is 10.6 Å². The summed E-state index contributed by atoms with van der Waals surface area (Å²) in [6.45, 7) is 3.20. The summed E-state index contributed by atoms with van der Waals surface area (Å²) in [6.07, 6.45) is 0.972. The molecule has 4 nitrogen and oxygen atoms in total. The number of carbonyl (C=O) groups excluding carboxylic acids is 2. The van der Waals surface area contributed by atoms with Crippen LogP contribution in [0.4, 0.5) is 0 Å². The molecule has 1 rings (SSSR count). The van der Waals surface area contributed by atoms with E-state index in [0.29, 0.717) is 0 Å². The van der Waals surface area contributed by atoms with Crippen LogP contribution < -0.4 is 10.6 Å². The number of hydrogen-bond acceptors (Lipinski definition) is 3. The fourth-order valence-corrected chi connectivity index (χ4v) is 1.28. The smallest absolute Gasteiger partial charge is 0.227 e. The molecule has 0 aromatic carbocycles. The molecule has 0 aromatic heterocycles. The zero-order valence-electron chi connectivity index (χ0n) is 7.22. The van der Waals surface area contributed by atoms with Crippen molar-refractivity contribution in [2.75, 3.05) is 13.1 Å². The maximum atomic E-state index is 11.0. The van der Waals surface area contributed by atoms with E-state index in [1.807, 2.05) is 0 Å². The number of Topliss-reactive ketones (excluding diaryl/α,β-unsaturated/α-hetero) is 1. The van der Waals surface area contributed by atoms with Gasteiger partial charge in [0.1, 0.15) is 5.78 Å². The summed E-state index contributed by atoms with van der Waals surface area (Å²) in [5, 5.41) is 5.92. The lowest BCUT2D eigenvalue weighted by Crippen LogP contribution is -2.36. The monoisotopic (exact) mass is 170 g/mol. The van der Waals surface area contributed by atoms with E-state index in [4.69, 9.17) is 0 Å². The number of hydrogen-bond donors (Lipinski definition) is 2. The Morgan fingerprint density at radius 2 is 2.33 bits per heavy atom. The highest BCUT2D eigenvalue weighted by Crippen LogP contribution is 1.97. The largest absolute Gasteiger partial charge is 0.352 e. The van der Waals surface area contributed by atoms with E-state index >= 15 is 0 Å². The van der Waals surface area contributed by atoms with Gasteiger partial charge in [-0.25, -0.2) is 0 Å². The average molecular weight is 170 g/mol. The Hall–Kier alpha value is -0.900.